The zero-order chi connectivity index (χ0) is 10.9. The molecule has 1 fully saturated rings. The Morgan fingerprint density at radius 1 is 1.47 bits per heavy atom. The van der Waals surface area contributed by atoms with E-state index in [2.05, 4.69) is 12.2 Å². The van der Waals surface area contributed by atoms with E-state index in [9.17, 15) is 4.39 Å². The van der Waals surface area contributed by atoms with Crippen LogP contribution in [0.1, 0.15) is 25.3 Å². The predicted octanol–water partition coefficient (Wildman–Crippen LogP) is 2.43. The summed E-state index contributed by atoms with van der Waals surface area (Å²) >= 11 is 0. The zero-order valence-corrected chi connectivity index (χ0v) is 9.14. The molecule has 1 heterocycles. The summed E-state index contributed by atoms with van der Waals surface area (Å²) in [6.07, 6.45) is 2.20. The van der Waals surface area contributed by atoms with E-state index in [-0.39, 0.29) is 11.4 Å². The predicted molar refractivity (Wildman–Crippen MR) is 57.5 cm³/mol. The molecule has 1 aliphatic rings. The number of benzene rings is 1. The molecule has 0 aliphatic carbocycles. The molecule has 2 rings (SSSR count). The molecular weight excluding hydrogens is 193 g/mol. The van der Waals surface area contributed by atoms with Gasteiger partial charge in [0.2, 0.25) is 0 Å². The van der Waals surface area contributed by atoms with Crippen molar-refractivity contribution in [1.82, 2.24) is 5.32 Å². The average molecular weight is 209 g/mol. The van der Waals surface area contributed by atoms with Crippen LogP contribution in [0.4, 0.5) is 4.39 Å². The minimum atomic E-state index is -0.287. The van der Waals surface area contributed by atoms with E-state index in [1.807, 2.05) is 6.07 Å². The second kappa shape index (κ2) is 3.81. The summed E-state index contributed by atoms with van der Waals surface area (Å²) in [7, 11) is 1.48. The van der Waals surface area contributed by atoms with Gasteiger partial charge < -0.3 is 10.1 Å². The first kappa shape index (κ1) is 10.4. The van der Waals surface area contributed by atoms with Crippen molar-refractivity contribution in [2.45, 2.75) is 25.3 Å². The highest BCUT2D eigenvalue weighted by molar-refractivity contribution is 5.33. The SMILES string of the molecule is COc1ccc(C2(C)CCCN2)cc1F. The molecule has 0 radical (unpaired) electrons. The standard InChI is InChI=1S/C12H16FNO/c1-12(6-3-7-14-12)9-4-5-11(15-2)10(13)8-9/h4-5,8,14H,3,6-7H2,1-2H3. The Labute approximate surface area is 89.4 Å². The van der Waals surface area contributed by atoms with Crippen molar-refractivity contribution >= 4 is 0 Å². The maximum Gasteiger partial charge on any atom is 0.165 e. The van der Waals surface area contributed by atoms with Crippen LogP contribution >= 0.6 is 0 Å². The molecule has 0 saturated carbocycles. The van der Waals surface area contributed by atoms with E-state index < -0.39 is 0 Å². The van der Waals surface area contributed by atoms with Crippen molar-refractivity contribution in [3.63, 3.8) is 0 Å². The van der Waals surface area contributed by atoms with Gasteiger partial charge in [-0.05, 0) is 44.0 Å². The summed E-state index contributed by atoms with van der Waals surface area (Å²) in [5.41, 5.74) is 0.922. The van der Waals surface area contributed by atoms with E-state index in [0.29, 0.717) is 5.75 Å². The molecule has 1 unspecified atom stereocenters. The average Bonchev–Trinajstić information content (AvgIpc) is 2.66. The molecule has 0 spiro atoms. The number of hydrogen-bond donors (Lipinski definition) is 1. The van der Waals surface area contributed by atoms with Gasteiger partial charge in [-0.1, -0.05) is 6.07 Å². The van der Waals surface area contributed by atoms with Gasteiger partial charge in [0.15, 0.2) is 11.6 Å². The van der Waals surface area contributed by atoms with Crippen LogP contribution in [0.2, 0.25) is 0 Å². The largest absolute Gasteiger partial charge is 0.494 e. The smallest absolute Gasteiger partial charge is 0.165 e. The lowest BCUT2D eigenvalue weighted by molar-refractivity contribution is 0.381. The molecule has 1 N–H and O–H groups in total. The fourth-order valence-corrected chi connectivity index (χ4v) is 2.15. The molecule has 15 heavy (non-hydrogen) atoms. The van der Waals surface area contributed by atoms with Crippen LogP contribution in [0.25, 0.3) is 0 Å². The monoisotopic (exact) mass is 209 g/mol. The molecule has 0 bridgehead atoms. The summed E-state index contributed by atoms with van der Waals surface area (Å²) in [6.45, 7) is 3.12. The first-order valence-corrected chi connectivity index (χ1v) is 5.25. The maximum absolute atomic E-state index is 13.5. The molecule has 0 aromatic heterocycles. The molecule has 3 heteroatoms. The highest BCUT2D eigenvalue weighted by Crippen LogP contribution is 2.32. The highest BCUT2D eigenvalue weighted by atomic mass is 19.1. The Morgan fingerprint density at radius 3 is 2.80 bits per heavy atom. The van der Waals surface area contributed by atoms with Gasteiger partial charge in [0, 0.05) is 5.54 Å². The Balaban J connectivity index is 2.33. The summed E-state index contributed by atoms with van der Waals surface area (Å²) in [6, 6.07) is 5.19. The molecule has 0 amide bonds. The fourth-order valence-electron chi connectivity index (χ4n) is 2.15. The van der Waals surface area contributed by atoms with Crippen LogP contribution in [0, 0.1) is 5.82 Å². The van der Waals surface area contributed by atoms with E-state index in [4.69, 9.17) is 4.74 Å². The van der Waals surface area contributed by atoms with Gasteiger partial charge in [0.1, 0.15) is 0 Å². The molecule has 1 aliphatic heterocycles. The Kier molecular flexibility index (Phi) is 2.65. The van der Waals surface area contributed by atoms with Crippen molar-refractivity contribution in [3.8, 4) is 5.75 Å². The number of rotatable bonds is 2. The van der Waals surface area contributed by atoms with Crippen molar-refractivity contribution < 1.29 is 9.13 Å². The van der Waals surface area contributed by atoms with E-state index in [1.54, 1.807) is 12.1 Å². The lowest BCUT2D eigenvalue weighted by Crippen LogP contribution is -2.33. The third-order valence-corrected chi connectivity index (χ3v) is 3.16. The van der Waals surface area contributed by atoms with Gasteiger partial charge in [-0.15, -0.1) is 0 Å². The van der Waals surface area contributed by atoms with Crippen LogP contribution < -0.4 is 10.1 Å². The van der Waals surface area contributed by atoms with Gasteiger partial charge in [0.25, 0.3) is 0 Å². The van der Waals surface area contributed by atoms with Gasteiger partial charge in [-0.25, -0.2) is 4.39 Å². The number of hydrogen-bond acceptors (Lipinski definition) is 2. The third kappa shape index (κ3) is 1.84. The second-order valence-corrected chi connectivity index (χ2v) is 4.21. The number of halogens is 1. The van der Waals surface area contributed by atoms with Crippen LogP contribution in [-0.2, 0) is 5.54 Å². The van der Waals surface area contributed by atoms with Crippen LogP contribution in [0.5, 0.6) is 5.75 Å². The topological polar surface area (TPSA) is 21.3 Å². The minimum absolute atomic E-state index is 0.0763. The van der Waals surface area contributed by atoms with E-state index in [0.717, 1.165) is 24.9 Å². The maximum atomic E-state index is 13.5. The molecule has 1 saturated heterocycles. The minimum Gasteiger partial charge on any atom is -0.494 e. The van der Waals surface area contributed by atoms with Crippen LogP contribution in [-0.4, -0.2) is 13.7 Å². The summed E-state index contributed by atoms with van der Waals surface area (Å²) < 4.78 is 18.4. The zero-order valence-electron chi connectivity index (χ0n) is 9.14. The van der Waals surface area contributed by atoms with Crippen molar-refractivity contribution in [2.75, 3.05) is 13.7 Å². The number of nitrogens with one attached hydrogen (secondary N) is 1. The normalized spacial score (nSPS) is 25.5. The van der Waals surface area contributed by atoms with Gasteiger partial charge >= 0.3 is 0 Å². The Morgan fingerprint density at radius 2 is 2.27 bits per heavy atom. The molecule has 1 aromatic rings. The van der Waals surface area contributed by atoms with Crippen molar-refractivity contribution in [3.05, 3.63) is 29.6 Å². The van der Waals surface area contributed by atoms with Gasteiger partial charge in [-0.3, -0.25) is 0 Å². The van der Waals surface area contributed by atoms with Crippen LogP contribution in [0.3, 0.4) is 0 Å². The summed E-state index contributed by atoms with van der Waals surface area (Å²) in [5, 5.41) is 3.41. The van der Waals surface area contributed by atoms with Crippen molar-refractivity contribution in [2.24, 2.45) is 0 Å². The quantitative estimate of drug-likeness (QED) is 0.807. The lowest BCUT2D eigenvalue weighted by atomic mass is 9.90. The van der Waals surface area contributed by atoms with Gasteiger partial charge in [0.05, 0.1) is 7.11 Å². The van der Waals surface area contributed by atoms with E-state index in [1.165, 1.54) is 7.11 Å². The van der Waals surface area contributed by atoms with Crippen molar-refractivity contribution in [1.29, 1.82) is 0 Å². The van der Waals surface area contributed by atoms with Crippen LogP contribution in [0.15, 0.2) is 18.2 Å². The second-order valence-electron chi connectivity index (χ2n) is 4.21. The highest BCUT2D eigenvalue weighted by Gasteiger charge is 2.30. The fraction of sp³-hybridized carbons (Fsp3) is 0.500. The molecule has 2 nitrogen and oxygen atoms in total. The first-order chi connectivity index (χ1) is 7.15. The Bertz CT molecular complexity index is 359. The van der Waals surface area contributed by atoms with Gasteiger partial charge in [-0.2, -0.15) is 0 Å². The molecular formula is C12H16FNO. The summed E-state index contributed by atoms with van der Waals surface area (Å²) in [5.74, 6) is 0.0188. The first-order valence-electron chi connectivity index (χ1n) is 5.25. The Hall–Kier alpha value is -1.09. The molecule has 82 valence electrons. The molecule has 1 aromatic carbocycles. The lowest BCUT2D eigenvalue weighted by Gasteiger charge is -2.25. The van der Waals surface area contributed by atoms with E-state index >= 15 is 0 Å². The number of methoxy groups -OCH3 is 1. The summed E-state index contributed by atoms with van der Waals surface area (Å²) in [4.78, 5) is 0. The number of ether oxygens (including phenoxy) is 1. The third-order valence-electron chi connectivity index (χ3n) is 3.16. The molecule has 1 atom stereocenters.